The van der Waals surface area contributed by atoms with Crippen molar-refractivity contribution in [2.24, 2.45) is 0 Å². The third-order valence-corrected chi connectivity index (χ3v) is 5.04. The van der Waals surface area contributed by atoms with Crippen LogP contribution in [0.3, 0.4) is 0 Å². The summed E-state index contributed by atoms with van der Waals surface area (Å²) in [6, 6.07) is 20.0. The molecular weight excluding hydrogens is 314 g/mol. The molecule has 1 saturated heterocycles. The van der Waals surface area contributed by atoms with Gasteiger partial charge in [0.2, 0.25) is 0 Å². The van der Waals surface area contributed by atoms with Crippen LogP contribution in [0.15, 0.2) is 54.6 Å². The molecule has 1 heterocycles. The Morgan fingerprint density at radius 3 is 1.96 bits per heavy atom. The first-order valence-corrected chi connectivity index (χ1v) is 10.4. The molecule has 1 unspecified atom stereocenters. The molecule has 0 amide bonds. The summed E-state index contributed by atoms with van der Waals surface area (Å²) in [5.41, 5.74) is 4.19. The van der Waals surface area contributed by atoms with E-state index in [1.54, 1.807) is 0 Å². The number of aryl methyl sites for hydroxylation is 3. The van der Waals surface area contributed by atoms with Gasteiger partial charge in [-0.15, -0.1) is 0 Å². The second-order valence-corrected chi connectivity index (χ2v) is 7.25. The number of rotatable bonds is 4. The molecule has 3 rings (SSSR count). The van der Waals surface area contributed by atoms with Crippen LogP contribution in [-0.2, 0) is 12.8 Å². The Bertz CT molecular complexity index is 576. The fraction of sp³-hybridized carbons (Fsp3) is 0.520. The summed E-state index contributed by atoms with van der Waals surface area (Å²) in [5.74, 6) is 0. The molecule has 1 atom stereocenters. The Kier molecular flexibility index (Phi) is 11.7. The van der Waals surface area contributed by atoms with Gasteiger partial charge in [-0.1, -0.05) is 87.4 Å². The Hall–Kier alpha value is -1.60. The molecule has 0 aromatic heterocycles. The van der Waals surface area contributed by atoms with Crippen molar-refractivity contribution in [1.82, 2.24) is 4.90 Å². The van der Waals surface area contributed by atoms with Crippen LogP contribution in [0.25, 0.3) is 0 Å². The lowest BCUT2D eigenvalue weighted by Crippen LogP contribution is -2.24. The first-order valence-electron chi connectivity index (χ1n) is 10.4. The van der Waals surface area contributed by atoms with Crippen LogP contribution in [0.5, 0.6) is 0 Å². The molecule has 1 aliphatic heterocycles. The SMILES string of the molecule is CCCC1CCCN1C.CCc1cccc(C)c1.CCc1ccccc1. The summed E-state index contributed by atoms with van der Waals surface area (Å²) < 4.78 is 0. The lowest BCUT2D eigenvalue weighted by Gasteiger charge is -2.17. The predicted octanol–water partition coefficient (Wildman–Crippen LogP) is 6.69. The highest BCUT2D eigenvalue weighted by Crippen LogP contribution is 2.18. The summed E-state index contributed by atoms with van der Waals surface area (Å²) in [6.07, 6.45) is 7.87. The number of nitrogens with zero attached hydrogens (tertiary/aromatic N) is 1. The van der Waals surface area contributed by atoms with Crippen molar-refractivity contribution in [3.8, 4) is 0 Å². The number of hydrogen-bond acceptors (Lipinski definition) is 1. The molecular formula is C25H39N. The molecule has 0 radical (unpaired) electrons. The Labute approximate surface area is 162 Å². The van der Waals surface area contributed by atoms with E-state index in [1.807, 2.05) is 6.07 Å². The zero-order valence-electron chi connectivity index (χ0n) is 17.7. The fourth-order valence-electron chi connectivity index (χ4n) is 3.32. The van der Waals surface area contributed by atoms with Gasteiger partial charge in [-0.3, -0.25) is 0 Å². The van der Waals surface area contributed by atoms with Crippen molar-refractivity contribution in [2.75, 3.05) is 13.6 Å². The predicted molar refractivity (Wildman–Crippen MR) is 117 cm³/mol. The maximum Gasteiger partial charge on any atom is 0.00925 e. The molecule has 0 aliphatic carbocycles. The summed E-state index contributed by atoms with van der Waals surface area (Å²) in [7, 11) is 2.24. The minimum Gasteiger partial charge on any atom is -0.303 e. The van der Waals surface area contributed by atoms with Gasteiger partial charge in [0.15, 0.2) is 0 Å². The van der Waals surface area contributed by atoms with Crippen molar-refractivity contribution in [2.45, 2.75) is 72.3 Å². The van der Waals surface area contributed by atoms with E-state index in [-0.39, 0.29) is 0 Å². The van der Waals surface area contributed by atoms with Gasteiger partial charge in [0, 0.05) is 6.04 Å². The number of hydrogen-bond donors (Lipinski definition) is 0. The molecule has 2 aromatic carbocycles. The largest absolute Gasteiger partial charge is 0.303 e. The smallest absolute Gasteiger partial charge is 0.00925 e. The normalized spacial score (nSPS) is 16.3. The van der Waals surface area contributed by atoms with E-state index < -0.39 is 0 Å². The van der Waals surface area contributed by atoms with Crippen LogP contribution in [0.2, 0.25) is 0 Å². The Morgan fingerprint density at radius 2 is 1.54 bits per heavy atom. The minimum absolute atomic E-state index is 0.912. The Balaban J connectivity index is 0.000000195. The topological polar surface area (TPSA) is 3.24 Å². The number of benzene rings is 2. The third-order valence-electron chi connectivity index (χ3n) is 5.04. The lowest BCUT2D eigenvalue weighted by atomic mass is 10.1. The van der Waals surface area contributed by atoms with E-state index >= 15 is 0 Å². The zero-order valence-corrected chi connectivity index (χ0v) is 17.7. The van der Waals surface area contributed by atoms with E-state index in [1.165, 1.54) is 48.9 Å². The van der Waals surface area contributed by atoms with Crippen molar-refractivity contribution >= 4 is 0 Å². The van der Waals surface area contributed by atoms with E-state index in [0.29, 0.717) is 0 Å². The molecule has 0 saturated carbocycles. The minimum atomic E-state index is 0.912. The van der Waals surface area contributed by atoms with Crippen molar-refractivity contribution in [3.63, 3.8) is 0 Å². The van der Waals surface area contributed by atoms with Crippen LogP contribution in [0, 0.1) is 6.92 Å². The van der Waals surface area contributed by atoms with Gasteiger partial charge in [0.05, 0.1) is 0 Å². The average Bonchev–Trinajstić information content (AvgIpc) is 3.08. The summed E-state index contributed by atoms with van der Waals surface area (Å²) in [4.78, 5) is 2.49. The zero-order chi connectivity index (χ0) is 19.2. The molecule has 144 valence electrons. The Morgan fingerprint density at radius 1 is 0.885 bits per heavy atom. The first-order chi connectivity index (χ1) is 12.6. The second-order valence-electron chi connectivity index (χ2n) is 7.25. The van der Waals surface area contributed by atoms with Crippen LogP contribution in [0.4, 0.5) is 0 Å². The molecule has 1 heteroatoms. The molecule has 1 nitrogen and oxygen atoms in total. The van der Waals surface area contributed by atoms with Crippen LogP contribution < -0.4 is 0 Å². The van der Waals surface area contributed by atoms with Crippen LogP contribution in [-0.4, -0.2) is 24.5 Å². The molecule has 0 spiro atoms. The third kappa shape index (κ3) is 9.20. The average molecular weight is 354 g/mol. The van der Waals surface area contributed by atoms with Crippen LogP contribution in [0.1, 0.15) is 63.1 Å². The summed E-state index contributed by atoms with van der Waals surface area (Å²) in [6.45, 7) is 10.1. The van der Waals surface area contributed by atoms with E-state index in [2.05, 4.69) is 88.2 Å². The van der Waals surface area contributed by atoms with Gasteiger partial charge >= 0.3 is 0 Å². The maximum absolute atomic E-state index is 2.49. The van der Waals surface area contributed by atoms with Gasteiger partial charge < -0.3 is 4.90 Å². The van der Waals surface area contributed by atoms with Gasteiger partial charge in [0.25, 0.3) is 0 Å². The van der Waals surface area contributed by atoms with Crippen molar-refractivity contribution in [3.05, 3.63) is 71.3 Å². The summed E-state index contributed by atoms with van der Waals surface area (Å²) in [5, 5.41) is 0. The van der Waals surface area contributed by atoms with Crippen LogP contribution >= 0.6 is 0 Å². The standard InChI is InChI=1S/C9H12.C8H17N.C8H10/c1-3-9-6-4-5-8(2)7-9;1-3-5-8-6-4-7-9(8)2;1-2-8-6-4-3-5-7-8/h4-7H,3H2,1-2H3;8H,3-7H2,1-2H3;3-7H,2H2,1H3. The van der Waals surface area contributed by atoms with Gasteiger partial charge in [-0.2, -0.15) is 0 Å². The monoisotopic (exact) mass is 353 g/mol. The van der Waals surface area contributed by atoms with E-state index in [0.717, 1.165) is 18.9 Å². The highest BCUT2D eigenvalue weighted by Gasteiger charge is 2.18. The fourth-order valence-corrected chi connectivity index (χ4v) is 3.32. The molecule has 0 bridgehead atoms. The highest BCUT2D eigenvalue weighted by atomic mass is 15.1. The van der Waals surface area contributed by atoms with Gasteiger partial charge in [-0.25, -0.2) is 0 Å². The maximum atomic E-state index is 2.49. The van der Waals surface area contributed by atoms with Crippen molar-refractivity contribution < 1.29 is 0 Å². The van der Waals surface area contributed by atoms with E-state index in [9.17, 15) is 0 Å². The molecule has 1 aliphatic rings. The molecule has 1 fully saturated rings. The van der Waals surface area contributed by atoms with E-state index in [4.69, 9.17) is 0 Å². The lowest BCUT2D eigenvalue weighted by molar-refractivity contribution is 0.295. The number of likely N-dealkylation sites (tertiary alicyclic amines) is 1. The van der Waals surface area contributed by atoms with Crippen molar-refractivity contribution in [1.29, 1.82) is 0 Å². The quantitative estimate of drug-likeness (QED) is 0.592. The molecule has 26 heavy (non-hydrogen) atoms. The van der Waals surface area contributed by atoms with Gasteiger partial charge in [-0.05, 0) is 63.7 Å². The first kappa shape index (κ1) is 22.4. The van der Waals surface area contributed by atoms with Gasteiger partial charge in [0.1, 0.15) is 0 Å². The summed E-state index contributed by atoms with van der Waals surface area (Å²) >= 11 is 0. The molecule has 0 N–H and O–H groups in total. The highest BCUT2D eigenvalue weighted by molar-refractivity contribution is 5.21. The molecule has 2 aromatic rings. The second kappa shape index (κ2) is 13.6.